The van der Waals surface area contributed by atoms with E-state index in [1.807, 2.05) is 6.92 Å². The van der Waals surface area contributed by atoms with Gasteiger partial charge in [-0.2, -0.15) is 0 Å². The molecule has 1 aromatic heterocycles. The first-order valence-corrected chi connectivity index (χ1v) is 9.03. The number of halogens is 2. The Kier molecular flexibility index (Phi) is 5.80. The summed E-state index contributed by atoms with van der Waals surface area (Å²) in [6.45, 7) is 2.83. The van der Waals surface area contributed by atoms with Crippen LogP contribution in [0.15, 0.2) is 27.7 Å². The Balaban J connectivity index is 1.97. The number of nitrogens with two attached hydrogens (primary N) is 2. The molecular formula is C17H20BrFN6O. The van der Waals surface area contributed by atoms with Gasteiger partial charge >= 0.3 is 0 Å². The highest BCUT2D eigenvalue weighted by Crippen LogP contribution is 2.34. The van der Waals surface area contributed by atoms with E-state index in [0.29, 0.717) is 29.9 Å². The zero-order chi connectivity index (χ0) is 18.7. The number of hydrogen-bond donors (Lipinski definition) is 3. The number of nitrogens with one attached hydrogen (secondary N) is 1. The normalized spacial score (nSPS) is 16.2. The minimum absolute atomic E-state index is 0.212. The van der Waals surface area contributed by atoms with Crippen LogP contribution in [-0.2, 0) is 11.3 Å². The third-order valence-corrected chi connectivity index (χ3v) is 4.72. The maximum Gasteiger partial charge on any atom is 0.220 e. The van der Waals surface area contributed by atoms with Gasteiger partial charge in [0, 0.05) is 10.9 Å². The minimum Gasteiger partial charge on any atom is -0.368 e. The molecule has 0 bridgehead atoms. The lowest BCUT2D eigenvalue weighted by molar-refractivity contribution is 0.0839. The third kappa shape index (κ3) is 4.00. The lowest BCUT2D eigenvalue weighted by Gasteiger charge is -2.25. The smallest absolute Gasteiger partial charge is 0.220 e. The van der Waals surface area contributed by atoms with E-state index in [4.69, 9.17) is 21.3 Å². The summed E-state index contributed by atoms with van der Waals surface area (Å²) in [6, 6.07) is 4.29. The molecule has 138 valence electrons. The van der Waals surface area contributed by atoms with Crippen molar-refractivity contribution in [3.05, 3.63) is 51.0 Å². The molecule has 1 atom stereocenters. The predicted molar refractivity (Wildman–Crippen MR) is 101 cm³/mol. The van der Waals surface area contributed by atoms with E-state index in [-0.39, 0.29) is 17.8 Å². The van der Waals surface area contributed by atoms with Crippen LogP contribution in [0.25, 0.3) is 0 Å². The molecule has 1 aliphatic heterocycles. The number of aliphatic imine (C=N–C) groups is 1. The molecule has 3 rings (SSSR count). The summed E-state index contributed by atoms with van der Waals surface area (Å²) >= 11 is 3.41. The van der Waals surface area contributed by atoms with E-state index in [1.165, 1.54) is 12.1 Å². The molecule has 0 saturated carbocycles. The molecule has 2 heterocycles. The van der Waals surface area contributed by atoms with Gasteiger partial charge in [0.15, 0.2) is 5.84 Å². The molecule has 0 fully saturated rings. The Morgan fingerprint density at radius 1 is 1.38 bits per heavy atom. The lowest BCUT2D eigenvalue weighted by atomic mass is 9.95. The van der Waals surface area contributed by atoms with Crippen molar-refractivity contribution in [1.29, 1.82) is 0 Å². The maximum atomic E-state index is 13.4. The van der Waals surface area contributed by atoms with Crippen molar-refractivity contribution in [3.8, 4) is 0 Å². The van der Waals surface area contributed by atoms with Crippen LogP contribution >= 0.6 is 15.9 Å². The maximum absolute atomic E-state index is 13.4. The van der Waals surface area contributed by atoms with E-state index >= 15 is 0 Å². The lowest BCUT2D eigenvalue weighted by Crippen LogP contribution is -2.32. The molecule has 1 aromatic carbocycles. The van der Waals surface area contributed by atoms with Crippen LogP contribution in [0.1, 0.15) is 35.0 Å². The zero-order valence-electron chi connectivity index (χ0n) is 14.3. The summed E-state index contributed by atoms with van der Waals surface area (Å²) < 4.78 is 14.1. The first-order chi connectivity index (χ1) is 12.5. The fourth-order valence-electron chi connectivity index (χ4n) is 2.86. The van der Waals surface area contributed by atoms with Gasteiger partial charge in [-0.3, -0.25) is 9.83 Å². The van der Waals surface area contributed by atoms with Crippen molar-refractivity contribution in [2.45, 2.75) is 25.8 Å². The summed E-state index contributed by atoms with van der Waals surface area (Å²) in [4.78, 5) is 18.8. The molecule has 0 spiro atoms. The van der Waals surface area contributed by atoms with Crippen LogP contribution in [0.4, 0.5) is 10.3 Å². The molecule has 7 nitrogen and oxygen atoms in total. The van der Waals surface area contributed by atoms with Gasteiger partial charge in [-0.1, -0.05) is 22.0 Å². The van der Waals surface area contributed by atoms with Crippen molar-refractivity contribution < 1.29 is 9.23 Å². The van der Waals surface area contributed by atoms with E-state index < -0.39 is 0 Å². The fraction of sp³-hybridized carbons (Fsp3) is 0.353. The average Bonchev–Trinajstić information content (AvgIpc) is 2.57. The number of anilines is 1. The molecule has 5 N–H and O–H groups in total. The van der Waals surface area contributed by atoms with E-state index in [0.717, 1.165) is 28.9 Å². The van der Waals surface area contributed by atoms with Gasteiger partial charge in [-0.05, 0) is 37.6 Å². The number of nitrogen functional groups attached to an aromatic ring is 1. The van der Waals surface area contributed by atoms with Gasteiger partial charge in [0.05, 0.1) is 29.6 Å². The molecule has 0 saturated heterocycles. The number of hydroxylamine groups is 1. The molecule has 0 amide bonds. The number of aromatic nitrogens is 2. The molecule has 2 aromatic rings. The van der Waals surface area contributed by atoms with Gasteiger partial charge in [0.1, 0.15) is 5.82 Å². The summed E-state index contributed by atoms with van der Waals surface area (Å²) in [5.41, 5.74) is 17.3. The Labute approximate surface area is 159 Å². The number of nitrogens with zero attached hydrogens (tertiary/aromatic N) is 3. The highest BCUT2D eigenvalue weighted by atomic mass is 79.9. The summed E-state index contributed by atoms with van der Waals surface area (Å²) in [6.07, 6.45) is 1.25. The summed E-state index contributed by atoms with van der Waals surface area (Å²) in [7, 11) is 0. The number of rotatable bonds is 5. The quantitative estimate of drug-likeness (QED) is 0.502. The number of benzene rings is 1. The molecule has 1 unspecified atom stereocenters. The van der Waals surface area contributed by atoms with Crippen LogP contribution in [0.5, 0.6) is 0 Å². The van der Waals surface area contributed by atoms with Crippen LogP contribution in [0, 0.1) is 12.7 Å². The van der Waals surface area contributed by atoms with Crippen molar-refractivity contribution in [1.82, 2.24) is 15.4 Å². The molecular weight excluding hydrogens is 403 g/mol. The average molecular weight is 423 g/mol. The SMILES string of the molecule is Cc1nc(N)nc2c1C(NOCCCN)=NC(c1ccc(F)cc1Br)C2. The highest BCUT2D eigenvalue weighted by molar-refractivity contribution is 9.10. The topological polar surface area (TPSA) is 111 Å². The van der Waals surface area contributed by atoms with Gasteiger partial charge in [0.25, 0.3) is 0 Å². The first-order valence-electron chi connectivity index (χ1n) is 8.23. The number of amidine groups is 1. The second-order valence-electron chi connectivity index (χ2n) is 5.95. The van der Waals surface area contributed by atoms with E-state index in [2.05, 4.69) is 31.4 Å². The largest absolute Gasteiger partial charge is 0.368 e. The summed E-state index contributed by atoms with van der Waals surface area (Å²) in [5.74, 6) is 0.428. The van der Waals surface area contributed by atoms with Gasteiger partial charge in [-0.25, -0.2) is 19.8 Å². The second kappa shape index (κ2) is 8.07. The molecule has 0 aliphatic carbocycles. The van der Waals surface area contributed by atoms with Crippen LogP contribution in [0.2, 0.25) is 0 Å². The molecule has 26 heavy (non-hydrogen) atoms. The Morgan fingerprint density at radius 2 is 2.19 bits per heavy atom. The molecule has 9 heteroatoms. The molecule has 0 radical (unpaired) electrons. The van der Waals surface area contributed by atoms with E-state index in [9.17, 15) is 4.39 Å². The zero-order valence-corrected chi connectivity index (χ0v) is 15.9. The van der Waals surface area contributed by atoms with Crippen LogP contribution in [0.3, 0.4) is 0 Å². The first kappa shape index (κ1) is 18.7. The van der Waals surface area contributed by atoms with Crippen molar-refractivity contribution >= 4 is 27.7 Å². The number of hydrogen-bond acceptors (Lipinski definition) is 7. The van der Waals surface area contributed by atoms with Crippen molar-refractivity contribution in [2.75, 3.05) is 18.9 Å². The monoisotopic (exact) mass is 422 g/mol. The fourth-order valence-corrected chi connectivity index (χ4v) is 3.48. The van der Waals surface area contributed by atoms with Gasteiger partial charge < -0.3 is 11.5 Å². The summed E-state index contributed by atoms with van der Waals surface area (Å²) in [5, 5.41) is 0. The van der Waals surface area contributed by atoms with Gasteiger partial charge in [0.2, 0.25) is 5.95 Å². The predicted octanol–water partition coefficient (Wildman–Crippen LogP) is 2.18. The third-order valence-electron chi connectivity index (χ3n) is 4.03. The van der Waals surface area contributed by atoms with Crippen molar-refractivity contribution in [3.63, 3.8) is 0 Å². The van der Waals surface area contributed by atoms with E-state index in [1.54, 1.807) is 6.07 Å². The second-order valence-corrected chi connectivity index (χ2v) is 6.80. The minimum atomic E-state index is -0.313. The Bertz CT molecular complexity index is 844. The Morgan fingerprint density at radius 3 is 2.92 bits per heavy atom. The highest BCUT2D eigenvalue weighted by Gasteiger charge is 2.27. The number of fused-ring (bicyclic) bond motifs is 1. The van der Waals surface area contributed by atoms with Crippen LogP contribution < -0.4 is 16.9 Å². The Hall–Kier alpha value is -2.10. The van der Waals surface area contributed by atoms with Crippen molar-refractivity contribution in [2.24, 2.45) is 10.7 Å². The number of aryl methyl sites for hydroxylation is 1. The van der Waals surface area contributed by atoms with Gasteiger partial charge in [-0.15, -0.1) is 0 Å². The van der Waals surface area contributed by atoms with Crippen LogP contribution in [-0.4, -0.2) is 29.0 Å². The molecule has 1 aliphatic rings. The standard InChI is InChI=1S/C17H20BrFN6O/c1-9-15-14(24-17(21)22-9)8-13(11-4-3-10(19)7-12(11)18)23-16(15)25-26-6-2-5-20/h3-4,7,13H,2,5-6,8,20H2,1H3,(H,23,25)(H2,21,22,24).